The summed E-state index contributed by atoms with van der Waals surface area (Å²) in [6.45, 7) is 2.04. The van der Waals surface area contributed by atoms with Crippen molar-refractivity contribution in [2.45, 2.75) is 6.54 Å². The van der Waals surface area contributed by atoms with Crippen molar-refractivity contribution in [2.75, 3.05) is 27.2 Å². The van der Waals surface area contributed by atoms with E-state index in [-0.39, 0.29) is 24.0 Å². The van der Waals surface area contributed by atoms with Crippen LogP contribution in [0, 0.1) is 0 Å². The Kier molecular flexibility index (Phi) is 8.46. The third kappa shape index (κ3) is 6.09. The van der Waals surface area contributed by atoms with E-state index in [0.29, 0.717) is 13.2 Å². The average molecular weight is 429 g/mol. The Morgan fingerprint density at radius 1 is 1.30 bits per heavy atom. The highest BCUT2D eigenvalue weighted by Crippen LogP contribution is 2.07. The number of benzene rings is 1. The molecule has 0 radical (unpaired) electrons. The predicted molar refractivity (Wildman–Crippen MR) is 103 cm³/mol. The Morgan fingerprint density at radius 3 is 2.65 bits per heavy atom. The number of para-hydroxylation sites is 1. The van der Waals surface area contributed by atoms with Gasteiger partial charge in [0.1, 0.15) is 12.4 Å². The van der Waals surface area contributed by atoms with E-state index in [4.69, 9.17) is 4.74 Å². The smallest absolute Gasteiger partial charge is 0.193 e. The Morgan fingerprint density at radius 2 is 2.04 bits per heavy atom. The molecule has 0 aliphatic heterocycles. The van der Waals surface area contributed by atoms with Gasteiger partial charge in [-0.1, -0.05) is 18.2 Å². The first-order valence-electron chi connectivity index (χ1n) is 7.27. The van der Waals surface area contributed by atoms with E-state index in [1.54, 1.807) is 13.2 Å². The summed E-state index contributed by atoms with van der Waals surface area (Å²) >= 11 is 0. The topological polar surface area (TPSA) is 54.7 Å². The van der Waals surface area contributed by atoms with Crippen molar-refractivity contribution in [1.82, 2.24) is 20.0 Å². The number of hydrogen-bond acceptors (Lipinski definition) is 3. The monoisotopic (exact) mass is 429 g/mol. The molecule has 7 heteroatoms. The van der Waals surface area contributed by atoms with Crippen molar-refractivity contribution in [2.24, 2.45) is 12.0 Å². The molecule has 0 amide bonds. The van der Waals surface area contributed by atoms with Gasteiger partial charge >= 0.3 is 0 Å². The molecule has 0 saturated carbocycles. The summed E-state index contributed by atoms with van der Waals surface area (Å²) in [4.78, 5) is 6.33. The van der Waals surface area contributed by atoms with Crippen molar-refractivity contribution < 1.29 is 4.74 Å². The minimum atomic E-state index is 0. The lowest BCUT2D eigenvalue weighted by Gasteiger charge is -2.22. The predicted octanol–water partition coefficient (Wildman–Crippen LogP) is 2.12. The molecule has 126 valence electrons. The highest BCUT2D eigenvalue weighted by atomic mass is 127. The summed E-state index contributed by atoms with van der Waals surface area (Å²) in [6.07, 6.45) is 1.79. The molecular weight excluding hydrogens is 405 g/mol. The molecule has 0 saturated heterocycles. The highest BCUT2D eigenvalue weighted by Gasteiger charge is 2.07. The van der Waals surface area contributed by atoms with Crippen molar-refractivity contribution in [3.8, 4) is 5.75 Å². The van der Waals surface area contributed by atoms with Crippen molar-refractivity contribution in [3.63, 3.8) is 0 Å². The molecule has 23 heavy (non-hydrogen) atoms. The maximum absolute atomic E-state index is 5.70. The number of likely N-dealkylation sites (N-methyl/N-ethyl adjacent to an activating group) is 1. The summed E-state index contributed by atoms with van der Waals surface area (Å²) in [7, 11) is 5.70. The fraction of sp³-hybridized carbons (Fsp3) is 0.375. The van der Waals surface area contributed by atoms with Gasteiger partial charge in [-0.05, 0) is 18.2 Å². The van der Waals surface area contributed by atoms with Crippen LogP contribution in [0.4, 0.5) is 0 Å². The van der Waals surface area contributed by atoms with Gasteiger partial charge in [0.2, 0.25) is 0 Å². The van der Waals surface area contributed by atoms with Crippen LogP contribution in [0.2, 0.25) is 0 Å². The quantitative estimate of drug-likeness (QED) is 0.435. The van der Waals surface area contributed by atoms with Gasteiger partial charge in [0.25, 0.3) is 0 Å². The van der Waals surface area contributed by atoms with E-state index in [1.165, 1.54) is 0 Å². The van der Waals surface area contributed by atoms with E-state index in [0.717, 1.165) is 23.9 Å². The van der Waals surface area contributed by atoms with Crippen molar-refractivity contribution in [1.29, 1.82) is 0 Å². The van der Waals surface area contributed by atoms with Crippen LogP contribution in [-0.4, -0.2) is 47.9 Å². The molecule has 0 fully saturated rings. The molecule has 1 heterocycles. The van der Waals surface area contributed by atoms with Crippen LogP contribution in [0.25, 0.3) is 0 Å². The Labute approximate surface area is 154 Å². The van der Waals surface area contributed by atoms with Gasteiger partial charge in [-0.2, -0.15) is 5.10 Å². The molecule has 2 rings (SSSR count). The molecule has 0 aliphatic carbocycles. The first kappa shape index (κ1) is 19.3. The fourth-order valence-electron chi connectivity index (χ4n) is 2.05. The second kappa shape index (κ2) is 10.1. The highest BCUT2D eigenvalue weighted by molar-refractivity contribution is 14.0. The summed E-state index contributed by atoms with van der Waals surface area (Å²) < 4.78 is 7.55. The number of ether oxygens (including phenoxy) is 1. The van der Waals surface area contributed by atoms with Gasteiger partial charge in [-0.15, -0.1) is 24.0 Å². The molecule has 0 aliphatic rings. The van der Waals surface area contributed by atoms with Crippen LogP contribution in [0.5, 0.6) is 5.75 Å². The Hall–Kier alpha value is -1.77. The maximum Gasteiger partial charge on any atom is 0.193 e. The zero-order chi connectivity index (χ0) is 15.8. The second-order valence-corrected chi connectivity index (χ2v) is 4.93. The lowest BCUT2D eigenvalue weighted by molar-refractivity contribution is 0.281. The number of aliphatic imine (C=N–C) groups is 1. The van der Waals surface area contributed by atoms with Gasteiger partial charge in [0, 0.05) is 27.3 Å². The fourth-order valence-corrected chi connectivity index (χ4v) is 2.05. The molecule has 1 aromatic heterocycles. The molecular formula is C16H24IN5O. The zero-order valence-corrected chi connectivity index (χ0v) is 16.1. The standard InChI is InChI=1S/C16H23N5O.HI/c1-17-16(18-13-14-9-10-19-21(14)3)20(2)11-12-22-15-7-5-4-6-8-15;/h4-10H,11-13H2,1-3H3,(H,17,18);1H. The number of halogens is 1. The number of guanidine groups is 1. The van der Waals surface area contributed by atoms with E-state index in [2.05, 4.69) is 15.4 Å². The average Bonchev–Trinajstić information content (AvgIpc) is 2.94. The van der Waals surface area contributed by atoms with Crippen LogP contribution < -0.4 is 10.1 Å². The number of hydrogen-bond donors (Lipinski definition) is 1. The molecule has 0 spiro atoms. The van der Waals surface area contributed by atoms with Gasteiger partial charge in [0.05, 0.1) is 18.8 Å². The van der Waals surface area contributed by atoms with Gasteiger partial charge < -0.3 is 15.0 Å². The van der Waals surface area contributed by atoms with Crippen molar-refractivity contribution in [3.05, 3.63) is 48.3 Å². The minimum Gasteiger partial charge on any atom is -0.492 e. The number of aryl methyl sites for hydroxylation is 1. The number of aromatic nitrogens is 2. The van der Waals surface area contributed by atoms with Crippen LogP contribution >= 0.6 is 24.0 Å². The zero-order valence-electron chi connectivity index (χ0n) is 13.8. The molecule has 2 aromatic rings. The molecule has 1 N–H and O–H groups in total. The van der Waals surface area contributed by atoms with E-state index >= 15 is 0 Å². The number of rotatable bonds is 6. The Bertz CT molecular complexity index is 600. The van der Waals surface area contributed by atoms with Gasteiger partial charge in [-0.3, -0.25) is 9.67 Å². The lowest BCUT2D eigenvalue weighted by Crippen LogP contribution is -2.40. The van der Waals surface area contributed by atoms with Gasteiger partial charge in [-0.25, -0.2) is 0 Å². The van der Waals surface area contributed by atoms with E-state index in [1.807, 2.05) is 60.1 Å². The normalized spacial score (nSPS) is 10.8. The van der Waals surface area contributed by atoms with Gasteiger partial charge in [0.15, 0.2) is 5.96 Å². The summed E-state index contributed by atoms with van der Waals surface area (Å²) in [5.41, 5.74) is 1.11. The maximum atomic E-state index is 5.70. The first-order chi connectivity index (χ1) is 10.7. The second-order valence-electron chi connectivity index (χ2n) is 4.93. The minimum absolute atomic E-state index is 0. The van der Waals surface area contributed by atoms with Crippen molar-refractivity contribution >= 4 is 29.9 Å². The summed E-state index contributed by atoms with van der Waals surface area (Å²) in [5, 5.41) is 7.47. The third-order valence-electron chi connectivity index (χ3n) is 3.36. The molecule has 0 atom stereocenters. The molecule has 1 aromatic carbocycles. The van der Waals surface area contributed by atoms with Crippen LogP contribution in [-0.2, 0) is 13.6 Å². The van der Waals surface area contributed by atoms with Crippen LogP contribution in [0.15, 0.2) is 47.6 Å². The molecule has 0 bridgehead atoms. The number of nitrogens with one attached hydrogen (secondary N) is 1. The summed E-state index contributed by atoms with van der Waals surface area (Å²) in [6, 6.07) is 11.8. The van der Waals surface area contributed by atoms with Crippen LogP contribution in [0.1, 0.15) is 5.69 Å². The Balaban J connectivity index is 0.00000264. The number of nitrogens with zero attached hydrogens (tertiary/aromatic N) is 4. The largest absolute Gasteiger partial charge is 0.492 e. The summed E-state index contributed by atoms with van der Waals surface area (Å²) in [5.74, 6) is 1.71. The van der Waals surface area contributed by atoms with Crippen LogP contribution in [0.3, 0.4) is 0 Å². The first-order valence-corrected chi connectivity index (χ1v) is 7.27. The SMILES string of the molecule is CN=C(NCc1ccnn1C)N(C)CCOc1ccccc1.I. The van der Waals surface area contributed by atoms with E-state index < -0.39 is 0 Å². The molecule has 6 nitrogen and oxygen atoms in total. The van der Waals surface area contributed by atoms with E-state index in [9.17, 15) is 0 Å². The molecule has 0 unspecified atom stereocenters. The third-order valence-corrected chi connectivity index (χ3v) is 3.36. The lowest BCUT2D eigenvalue weighted by atomic mass is 10.3.